The van der Waals surface area contributed by atoms with Crippen molar-refractivity contribution in [1.82, 2.24) is 5.32 Å². The summed E-state index contributed by atoms with van der Waals surface area (Å²) < 4.78 is 95.8. The highest BCUT2D eigenvalue weighted by molar-refractivity contribution is 7.48. The van der Waals surface area contributed by atoms with Crippen molar-refractivity contribution in [3.8, 4) is 0 Å². The Morgan fingerprint density at radius 2 is 0.935 bits per heavy atom. The van der Waals surface area contributed by atoms with Gasteiger partial charge < -0.3 is 57.8 Å². The van der Waals surface area contributed by atoms with Crippen LogP contribution in [0.2, 0.25) is 0 Å². The Balaban J connectivity index is 1.10. The van der Waals surface area contributed by atoms with Crippen molar-refractivity contribution < 1.29 is 99.4 Å². The molecule has 2 aliphatic rings. The number of carbonyl (C=O) groups is 6. The van der Waals surface area contributed by atoms with Crippen LogP contribution in [0.3, 0.4) is 0 Å². The first-order valence-electron chi connectivity index (χ1n) is 29.5. The first kappa shape index (κ1) is 67.5. The van der Waals surface area contributed by atoms with E-state index in [9.17, 15) is 33.9 Å². The predicted molar refractivity (Wildman–Crippen MR) is 328 cm³/mol. The molecule has 9 rings (SSSR count). The molecule has 482 valence electrons. The Labute approximate surface area is 531 Å². The number of phosphoric acid groups is 1. The van der Waals surface area contributed by atoms with Crippen LogP contribution < -0.4 is 5.32 Å². The molecule has 0 spiro atoms. The van der Waals surface area contributed by atoms with Crippen LogP contribution >= 0.6 is 7.82 Å². The van der Waals surface area contributed by atoms with E-state index in [0.717, 1.165) is 23.6 Å². The van der Waals surface area contributed by atoms with Crippen LogP contribution in [0.1, 0.15) is 76.9 Å². The number of hydrogen-bond donors (Lipinski definition) is 2. The number of amides is 1. The fraction of sp³-hybridized carbons (Fsp3) is 0.304. The predicted octanol–water partition coefficient (Wildman–Crippen LogP) is 9.96. The minimum Gasteiger partial charge on any atom is -0.459 e. The third-order valence-corrected chi connectivity index (χ3v) is 15.9. The van der Waals surface area contributed by atoms with Gasteiger partial charge in [0.2, 0.25) is 0 Å². The van der Waals surface area contributed by atoms with Crippen LogP contribution in [-0.2, 0) is 102 Å². The molecule has 7 aromatic rings. The Morgan fingerprint density at radius 1 is 0.511 bits per heavy atom. The zero-order chi connectivity index (χ0) is 65.0. The van der Waals surface area contributed by atoms with Gasteiger partial charge in [-0.1, -0.05) is 174 Å². The molecule has 0 radical (unpaired) electrons. The molecule has 92 heavy (non-hydrogen) atoms. The Morgan fingerprint density at radius 3 is 1.38 bits per heavy atom. The van der Waals surface area contributed by atoms with Crippen LogP contribution in [0.25, 0.3) is 0 Å². The van der Waals surface area contributed by atoms with Crippen molar-refractivity contribution in [2.45, 2.75) is 115 Å². The number of aliphatic hydroxyl groups excluding tert-OH is 1. The van der Waals surface area contributed by atoms with Crippen LogP contribution in [0.5, 0.6) is 0 Å². The van der Waals surface area contributed by atoms with Crippen LogP contribution in [-0.4, -0.2) is 122 Å². The van der Waals surface area contributed by atoms with Gasteiger partial charge in [0.15, 0.2) is 49.1 Å². The summed E-state index contributed by atoms with van der Waals surface area (Å²) in [5, 5.41) is 13.7. The third-order valence-electron chi connectivity index (χ3n) is 14.5. The first-order valence-corrected chi connectivity index (χ1v) is 30.9. The molecule has 2 aliphatic heterocycles. The monoisotopic (exact) mass is 1280 g/mol. The fourth-order valence-corrected chi connectivity index (χ4v) is 10.9. The summed E-state index contributed by atoms with van der Waals surface area (Å²) in [5.74, 6) is -4.87. The van der Waals surface area contributed by atoms with E-state index in [-0.39, 0.29) is 43.1 Å². The molecule has 2 heterocycles. The zero-order valence-corrected chi connectivity index (χ0v) is 51.7. The van der Waals surface area contributed by atoms with Gasteiger partial charge in [0.1, 0.15) is 25.4 Å². The molecular weight excluding hydrogens is 1210 g/mol. The van der Waals surface area contributed by atoms with E-state index in [0.29, 0.717) is 22.3 Å². The molecule has 2 N–H and O–H groups in total. The number of nitrogens with one attached hydrogen (secondary N) is 1. The van der Waals surface area contributed by atoms with Gasteiger partial charge in [-0.05, 0) is 79.4 Å². The summed E-state index contributed by atoms with van der Waals surface area (Å²) in [6.07, 6.45) is -17.5. The molecule has 1 amide bonds. The van der Waals surface area contributed by atoms with Gasteiger partial charge >= 0.3 is 43.8 Å². The molecule has 0 saturated carbocycles. The normalized spacial score (nSPS) is 20.7. The minimum atomic E-state index is -5.00. The van der Waals surface area contributed by atoms with Crippen LogP contribution in [0, 0.1) is 20.8 Å². The molecule has 0 aliphatic carbocycles. The molecule has 0 unspecified atom stereocenters. The number of phosphoric ester groups is 1. The van der Waals surface area contributed by atoms with E-state index >= 15 is 4.57 Å². The lowest BCUT2D eigenvalue weighted by atomic mass is 9.97. The molecule has 2 fully saturated rings. The second-order valence-corrected chi connectivity index (χ2v) is 23.2. The van der Waals surface area contributed by atoms with Gasteiger partial charge in [-0.25, -0.2) is 28.5 Å². The Hall–Kier alpha value is -8.93. The van der Waals surface area contributed by atoms with Crippen molar-refractivity contribution in [2.24, 2.45) is 0 Å². The third kappa shape index (κ3) is 19.3. The molecule has 23 heteroatoms. The quantitative estimate of drug-likeness (QED) is 0.0275. The Kier molecular flexibility index (Phi) is 24.1. The second kappa shape index (κ2) is 32.9. The summed E-state index contributed by atoms with van der Waals surface area (Å²) in [4.78, 5) is 84.3. The summed E-state index contributed by atoms with van der Waals surface area (Å²) in [7, 11) is -5.00. The maximum atomic E-state index is 15.5. The van der Waals surface area contributed by atoms with Gasteiger partial charge in [0.05, 0.1) is 49.7 Å². The maximum absolute atomic E-state index is 15.5. The number of aliphatic hydroxyl groups is 1. The lowest BCUT2D eigenvalue weighted by molar-refractivity contribution is -0.341. The van der Waals surface area contributed by atoms with E-state index in [1.807, 2.05) is 13.8 Å². The maximum Gasteiger partial charge on any atom is 0.476 e. The van der Waals surface area contributed by atoms with E-state index in [2.05, 4.69) is 5.32 Å². The summed E-state index contributed by atoms with van der Waals surface area (Å²) in [5.41, 5.74) is 4.88. The number of aryl methyl sites for hydroxylation is 3. The average Bonchev–Trinajstić information content (AvgIpc) is 0.791. The summed E-state index contributed by atoms with van der Waals surface area (Å²) in [6.45, 7) is 2.99. The van der Waals surface area contributed by atoms with E-state index in [1.54, 1.807) is 165 Å². The minimum absolute atomic E-state index is 0.0191. The molecular formula is C69H70NO21P. The van der Waals surface area contributed by atoms with Crippen molar-refractivity contribution >= 4 is 43.8 Å². The van der Waals surface area contributed by atoms with Crippen molar-refractivity contribution in [3.05, 3.63) is 250 Å². The number of alkyl carbamates (subject to hydrolysis) is 1. The number of benzene rings is 7. The lowest BCUT2D eigenvalue weighted by Gasteiger charge is -2.47. The smallest absolute Gasteiger partial charge is 0.459 e. The molecule has 0 bridgehead atoms. The van der Waals surface area contributed by atoms with Crippen molar-refractivity contribution in [1.29, 1.82) is 0 Å². The highest BCUT2D eigenvalue weighted by atomic mass is 31.2. The first-order chi connectivity index (χ1) is 44.5. The standard InChI is InChI=1S/C69H70NO21P/c1-44-25-31-52(32-26-44)63(73)88-58-56(37-71)86-68(61(90-65(75)54-35-29-46(3)30-36-54)60(58)89-64(74)53-33-27-45(2)28-34-53)87-57-43-81-67(80-42-55(66(76)79-38-48-17-9-5-10-18-48)70-69(77)82-39-49-19-11-6-12-20-49)62(59(57)85-47(4)72)91-92(78,83-40-50-21-13-7-14-22-50)84-41-51-23-15-8-16-24-51/h5-36,55-62,67-68,71H,37-43H2,1-4H3,(H,70,77)/t55-,56+,57+,58-,59-,60-,61+,62+,67+,68+/m0/s1. The van der Waals surface area contributed by atoms with Gasteiger partial charge in [0, 0.05) is 6.92 Å². The van der Waals surface area contributed by atoms with Crippen LogP contribution in [0.15, 0.2) is 194 Å². The number of esters is 5. The topological polar surface area (TPSA) is 272 Å². The number of rotatable bonds is 27. The highest BCUT2D eigenvalue weighted by Gasteiger charge is 2.57. The molecule has 10 atom stereocenters. The number of hydrogen-bond acceptors (Lipinski definition) is 21. The van der Waals surface area contributed by atoms with Gasteiger partial charge in [0.25, 0.3) is 0 Å². The van der Waals surface area contributed by atoms with E-state index < -0.39 is 125 Å². The molecule has 0 aromatic heterocycles. The molecule has 2 saturated heterocycles. The highest BCUT2D eigenvalue weighted by Crippen LogP contribution is 2.54. The second-order valence-electron chi connectivity index (χ2n) is 21.6. The summed E-state index contributed by atoms with van der Waals surface area (Å²) >= 11 is 0. The SMILES string of the molecule is CC(=O)O[C@@H]1[C@@H](OP(=O)(OCc2ccccc2)OCc2ccccc2)[C@H](OC[C@H](NC(=O)OCc2ccccc2)C(=O)OCc2ccccc2)OC[C@H]1O[C@H]1O[C@H](CO)[C@H](OC(=O)c2ccc(C)cc2)[C@H](OC(=O)c2ccc(C)cc2)[C@H]1OC(=O)c1ccc(C)cc1. The van der Waals surface area contributed by atoms with Gasteiger partial charge in [-0.3, -0.25) is 18.4 Å². The number of carbonyl (C=O) groups excluding carboxylic acids is 6. The largest absolute Gasteiger partial charge is 0.476 e. The van der Waals surface area contributed by atoms with Gasteiger partial charge in [-0.15, -0.1) is 0 Å². The van der Waals surface area contributed by atoms with Crippen molar-refractivity contribution in [2.75, 3.05) is 19.8 Å². The summed E-state index contributed by atoms with van der Waals surface area (Å²) in [6, 6.07) is 52.0. The van der Waals surface area contributed by atoms with Gasteiger partial charge in [-0.2, -0.15) is 0 Å². The molecule has 22 nitrogen and oxygen atoms in total. The zero-order valence-electron chi connectivity index (χ0n) is 50.8. The van der Waals surface area contributed by atoms with Crippen LogP contribution in [0.4, 0.5) is 4.79 Å². The van der Waals surface area contributed by atoms with E-state index in [1.165, 1.54) is 36.4 Å². The fourth-order valence-electron chi connectivity index (χ4n) is 9.60. The lowest BCUT2D eigenvalue weighted by Crippen LogP contribution is -2.65. The molecule has 7 aromatic carbocycles. The number of ether oxygens (including phenoxy) is 10. The average molecular weight is 1280 g/mol. The Bertz CT molecular complexity index is 3540. The van der Waals surface area contributed by atoms with E-state index in [4.69, 9.17) is 60.9 Å². The van der Waals surface area contributed by atoms with Crippen molar-refractivity contribution in [3.63, 3.8) is 0 Å².